The molecule has 7 aliphatic rings. The summed E-state index contributed by atoms with van der Waals surface area (Å²) in [5.74, 6) is -0.0281. The van der Waals surface area contributed by atoms with Crippen molar-refractivity contribution in [1.82, 2.24) is 0 Å². The van der Waals surface area contributed by atoms with Crippen LogP contribution < -0.4 is 0 Å². The minimum atomic E-state index is -0.941. The fourth-order valence-electron chi connectivity index (χ4n) is 10.8. The molecule has 2 N–H and O–H groups in total. The number of aliphatic hydroxyl groups excluding tert-OH is 1. The smallest absolute Gasteiger partial charge is 0.331 e. The molecule has 3 aliphatic heterocycles. The van der Waals surface area contributed by atoms with E-state index in [2.05, 4.69) is 13.8 Å². The van der Waals surface area contributed by atoms with Crippen LogP contribution in [0.4, 0.5) is 0 Å². The first kappa shape index (κ1) is 29.2. The molecule has 0 bridgehead atoms. The van der Waals surface area contributed by atoms with Crippen LogP contribution in [0, 0.1) is 28.6 Å². The third-order valence-electron chi connectivity index (χ3n) is 13.0. The molecule has 4 saturated carbocycles. The maximum absolute atomic E-state index is 12.6. The van der Waals surface area contributed by atoms with Crippen molar-refractivity contribution in [2.75, 3.05) is 13.7 Å². The van der Waals surface area contributed by atoms with Gasteiger partial charge >= 0.3 is 11.9 Å². The number of fused-ring (bicyclic) bond motifs is 3. The molecule has 0 amide bonds. The average Bonchev–Trinajstić information content (AvgIpc) is 3.38. The number of ether oxygens (including phenoxy) is 6. The summed E-state index contributed by atoms with van der Waals surface area (Å²) >= 11 is 0. The Morgan fingerprint density at radius 3 is 2.57 bits per heavy atom. The number of methoxy groups -OCH3 is 1. The van der Waals surface area contributed by atoms with Gasteiger partial charge in [0.15, 0.2) is 12.4 Å². The lowest BCUT2D eigenvalue weighted by molar-refractivity contribution is -0.315. The normalized spacial score (nSPS) is 54.5. The zero-order valence-electron chi connectivity index (χ0n) is 25.4. The van der Waals surface area contributed by atoms with E-state index in [1.54, 1.807) is 13.0 Å². The van der Waals surface area contributed by atoms with E-state index >= 15 is 0 Å². The fourth-order valence-corrected chi connectivity index (χ4v) is 10.8. The number of epoxide rings is 1. The molecule has 0 aromatic heterocycles. The Morgan fingerprint density at radius 1 is 1.10 bits per heavy atom. The largest absolute Gasteiger partial charge is 0.458 e. The number of aliphatic hydroxyl groups is 2. The van der Waals surface area contributed by atoms with Crippen LogP contribution in [0.5, 0.6) is 0 Å². The lowest BCUT2D eigenvalue weighted by Gasteiger charge is -2.62. The van der Waals surface area contributed by atoms with E-state index < -0.39 is 47.9 Å². The summed E-state index contributed by atoms with van der Waals surface area (Å²) in [6.45, 7) is 8.04. The van der Waals surface area contributed by atoms with E-state index in [4.69, 9.17) is 28.4 Å². The number of hydrogen-bond donors (Lipinski definition) is 2. The lowest BCUT2D eigenvalue weighted by Crippen LogP contribution is -2.68. The predicted octanol–water partition coefficient (Wildman–Crippen LogP) is 2.81. The van der Waals surface area contributed by atoms with Crippen molar-refractivity contribution in [2.45, 2.75) is 133 Å². The maximum Gasteiger partial charge on any atom is 0.331 e. The highest BCUT2D eigenvalue weighted by Gasteiger charge is 2.84. The Balaban J connectivity index is 1.09. The second-order valence-electron chi connectivity index (χ2n) is 14.6. The van der Waals surface area contributed by atoms with Crippen molar-refractivity contribution in [3.8, 4) is 0 Å². The van der Waals surface area contributed by atoms with Crippen LogP contribution in [-0.4, -0.2) is 90.0 Å². The van der Waals surface area contributed by atoms with Gasteiger partial charge in [-0.05, 0) is 87.0 Å². The number of carbonyl (C=O) groups is 2. The molecular formula is C32H46O10. The van der Waals surface area contributed by atoms with E-state index in [-0.39, 0.29) is 40.8 Å². The van der Waals surface area contributed by atoms with Gasteiger partial charge in [-0.1, -0.05) is 13.8 Å². The number of cyclic esters (lactones) is 1. The van der Waals surface area contributed by atoms with Gasteiger partial charge in [-0.25, -0.2) is 4.79 Å². The topological polar surface area (TPSA) is 133 Å². The molecule has 0 radical (unpaired) electrons. The first-order valence-corrected chi connectivity index (χ1v) is 15.8. The fraction of sp³-hybridized carbons (Fsp3) is 0.875. The Bertz CT molecular complexity index is 1170. The van der Waals surface area contributed by atoms with Crippen LogP contribution in [0.1, 0.15) is 79.1 Å². The van der Waals surface area contributed by atoms with Gasteiger partial charge in [0.05, 0.1) is 18.3 Å². The van der Waals surface area contributed by atoms with Crippen molar-refractivity contribution in [3.05, 3.63) is 11.6 Å². The van der Waals surface area contributed by atoms with Crippen LogP contribution in [0.3, 0.4) is 0 Å². The number of esters is 2. The van der Waals surface area contributed by atoms with Crippen molar-refractivity contribution in [2.24, 2.45) is 28.6 Å². The Labute approximate surface area is 247 Å². The monoisotopic (exact) mass is 590 g/mol. The minimum Gasteiger partial charge on any atom is -0.458 e. The number of rotatable bonds is 5. The molecule has 7 rings (SSSR count). The van der Waals surface area contributed by atoms with Crippen LogP contribution >= 0.6 is 0 Å². The zero-order chi connectivity index (χ0) is 29.8. The first-order valence-electron chi connectivity index (χ1n) is 15.8. The van der Waals surface area contributed by atoms with Gasteiger partial charge in [-0.15, -0.1) is 0 Å². The van der Waals surface area contributed by atoms with Crippen molar-refractivity contribution in [1.29, 1.82) is 0 Å². The second-order valence-corrected chi connectivity index (χ2v) is 14.6. The first-order chi connectivity index (χ1) is 19.9. The zero-order valence-corrected chi connectivity index (χ0v) is 25.4. The van der Waals surface area contributed by atoms with E-state index in [1.165, 1.54) is 14.0 Å². The summed E-state index contributed by atoms with van der Waals surface area (Å²) in [6, 6.07) is 0. The van der Waals surface area contributed by atoms with Gasteiger partial charge in [0.1, 0.15) is 30.0 Å². The molecule has 2 saturated heterocycles. The quantitative estimate of drug-likeness (QED) is 0.280. The van der Waals surface area contributed by atoms with Crippen molar-refractivity contribution < 1.29 is 48.2 Å². The van der Waals surface area contributed by atoms with E-state index in [0.29, 0.717) is 18.9 Å². The van der Waals surface area contributed by atoms with Gasteiger partial charge in [0, 0.05) is 25.5 Å². The summed E-state index contributed by atoms with van der Waals surface area (Å²) in [5, 5.41) is 23.3. The highest BCUT2D eigenvalue weighted by Crippen LogP contribution is 2.77. The molecule has 0 aromatic carbocycles. The Hall–Kier alpha value is -1.56. The van der Waals surface area contributed by atoms with Gasteiger partial charge in [-0.2, -0.15) is 0 Å². The van der Waals surface area contributed by atoms with E-state index in [1.807, 2.05) is 0 Å². The Kier molecular flexibility index (Phi) is 6.75. The summed E-state index contributed by atoms with van der Waals surface area (Å²) < 4.78 is 35.6. The molecule has 14 atom stereocenters. The molecule has 3 heterocycles. The highest BCUT2D eigenvalue weighted by atomic mass is 16.7. The van der Waals surface area contributed by atoms with Crippen LogP contribution in [0.2, 0.25) is 0 Å². The molecule has 10 nitrogen and oxygen atoms in total. The third-order valence-corrected chi connectivity index (χ3v) is 13.0. The molecule has 4 aliphatic carbocycles. The van der Waals surface area contributed by atoms with Crippen molar-refractivity contribution in [3.63, 3.8) is 0 Å². The lowest BCUT2D eigenvalue weighted by atomic mass is 9.43. The molecule has 0 aromatic rings. The van der Waals surface area contributed by atoms with Gasteiger partial charge in [0.25, 0.3) is 0 Å². The maximum atomic E-state index is 12.6. The molecule has 12 unspecified atom stereocenters. The molecular weight excluding hydrogens is 544 g/mol. The summed E-state index contributed by atoms with van der Waals surface area (Å²) in [7, 11) is 1.49. The third kappa shape index (κ3) is 3.84. The van der Waals surface area contributed by atoms with Gasteiger partial charge in [0.2, 0.25) is 0 Å². The highest BCUT2D eigenvalue weighted by molar-refractivity contribution is 5.85. The predicted molar refractivity (Wildman–Crippen MR) is 147 cm³/mol. The van der Waals surface area contributed by atoms with Crippen LogP contribution in [0.25, 0.3) is 0 Å². The van der Waals surface area contributed by atoms with Gasteiger partial charge in [-0.3, -0.25) is 4.79 Å². The average molecular weight is 591 g/mol. The summed E-state index contributed by atoms with van der Waals surface area (Å²) in [5.41, 5.74) is -0.815. The summed E-state index contributed by atoms with van der Waals surface area (Å²) in [6.07, 6.45) is 4.48. The standard InChI is InChI=1S/C32H46O10/c1-16-25(35)26(37-5)27(40-17(2)33)28(39-16)41-20-6-9-29(3)19(13-20)14-23-32(42-23)22(29)8-10-30(4)21(7-11-31(30,32)36)18-12-24(34)38-15-18/h12,16,19-23,25-28,35-36H,6-11,13-15H2,1-5H3/t16?,19?,20?,21?,22?,23?,25?,26?,27-,28+,29?,30?,31?,32?/m1/s1. The van der Waals surface area contributed by atoms with Crippen molar-refractivity contribution >= 4 is 11.9 Å². The SMILES string of the molecule is COC1C(O)C(C)O[C@@H](OC2CCC3(C)C(C2)CC2OC24C3CCC2(C)C(C3=CC(=O)OC3)CCC24O)[C@@H]1OC(C)=O. The van der Waals surface area contributed by atoms with E-state index in [9.17, 15) is 19.8 Å². The molecule has 6 fully saturated rings. The summed E-state index contributed by atoms with van der Waals surface area (Å²) in [4.78, 5) is 23.8. The molecule has 42 heavy (non-hydrogen) atoms. The number of hydrogen-bond acceptors (Lipinski definition) is 10. The molecule has 234 valence electrons. The minimum absolute atomic E-state index is 0.00499. The van der Waals surface area contributed by atoms with E-state index in [0.717, 1.165) is 50.5 Å². The molecule has 10 heteroatoms. The second kappa shape index (κ2) is 9.72. The van der Waals surface area contributed by atoms with Gasteiger partial charge < -0.3 is 38.6 Å². The number of carbonyl (C=O) groups excluding carboxylic acids is 2. The Morgan fingerprint density at radius 2 is 1.88 bits per heavy atom. The van der Waals surface area contributed by atoms with Crippen LogP contribution in [0.15, 0.2) is 11.6 Å². The van der Waals surface area contributed by atoms with Crippen LogP contribution in [-0.2, 0) is 38.0 Å². The molecule has 1 spiro atoms.